The number of para-hydroxylation sites is 1. The van der Waals surface area contributed by atoms with E-state index in [1.807, 2.05) is 75.4 Å². The fourth-order valence-electron chi connectivity index (χ4n) is 2.47. The summed E-state index contributed by atoms with van der Waals surface area (Å²) in [6.45, 7) is 5.96. The fourth-order valence-corrected chi connectivity index (χ4v) is 2.60. The predicted molar refractivity (Wildman–Crippen MR) is 94.7 cm³/mol. The largest absolute Gasteiger partial charge is 0.466 e. The molecular weight excluding hydrogens is 310 g/mol. The van der Waals surface area contributed by atoms with Gasteiger partial charge in [0, 0.05) is 10.7 Å². The summed E-state index contributed by atoms with van der Waals surface area (Å²) in [6, 6.07) is 17.1. The first kappa shape index (κ1) is 17.4. The lowest BCUT2D eigenvalue weighted by Crippen LogP contribution is -2.37. The number of carbonyl (C=O) groups is 1. The standard InChI is InChI=1S/C19H22ClNO2/c1-4-23-18(22)19(2,3)17(14-10-12-15(20)13-11-14)21-16-8-6-5-7-9-16/h5-13,17,21H,4H2,1-3H3. The molecule has 0 saturated carbocycles. The van der Waals surface area contributed by atoms with E-state index in [0.29, 0.717) is 11.6 Å². The summed E-state index contributed by atoms with van der Waals surface area (Å²) in [7, 11) is 0. The number of carbonyl (C=O) groups excluding carboxylic acids is 1. The summed E-state index contributed by atoms with van der Waals surface area (Å²) in [6.07, 6.45) is 0. The van der Waals surface area contributed by atoms with Crippen LogP contribution in [-0.2, 0) is 9.53 Å². The second-order valence-corrected chi connectivity index (χ2v) is 6.37. The molecule has 0 aliphatic rings. The maximum absolute atomic E-state index is 12.4. The van der Waals surface area contributed by atoms with Crippen LogP contribution in [0.3, 0.4) is 0 Å². The van der Waals surface area contributed by atoms with Crippen molar-refractivity contribution in [3.63, 3.8) is 0 Å². The van der Waals surface area contributed by atoms with Crippen molar-refractivity contribution in [2.45, 2.75) is 26.8 Å². The second kappa shape index (κ2) is 7.51. The third kappa shape index (κ3) is 4.26. The van der Waals surface area contributed by atoms with Crippen LogP contribution in [-0.4, -0.2) is 12.6 Å². The van der Waals surface area contributed by atoms with Gasteiger partial charge in [0.05, 0.1) is 18.1 Å². The van der Waals surface area contributed by atoms with E-state index in [0.717, 1.165) is 11.3 Å². The lowest BCUT2D eigenvalue weighted by atomic mass is 9.80. The van der Waals surface area contributed by atoms with Crippen molar-refractivity contribution in [2.75, 3.05) is 11.9 Å². The van der Waals surface area contributed by atoms with Gasteiger partial charge in [0.2, 0.25) is 0 Å². The normalized spacial score (nSPS) is 12.5. The predicted octanol–water partition coefficient (Wildman–Crippen LogP) is 5.08. The van der Waals surface area contributed by atoms with Gasteiger partial charge in [-0.1, -0.05) is 41.9 Å². The number of hydrogen-bond acceptors (Lipinski definition) is 3. The van der Waals surface area contributed by atoms with Gasteiger partial charge >= 0.3 is 5.97 Å². The summed E-state index contributed by atoms with van der Waals surface area (Å²) in [5.41, 5.74) is 1.20. The number of anilines is 1. The van der Waals surface area contributed by atoms with Gasteiger partial charge in [-0.05, 0) is 50.6 Å². The zero-order valence-electron chi connectivity index (χ0n) is 13.7. The van der Waals surface area contributed by atoms with E-state index in [4.69, 9.17) is 16.3 Å². The van der Waals surface area contributed by atoms with Crippen molar-refractivity contribution in [1.82, 2.24) is 0 Å². The number of benzene rings is 2. The van der Waals surface area contributed by atoms with E-state index >= 15 is 0 Å². The van der Waals surface area contributed by atoms with Gasteiger partial charge in [0.15, 0.2) is 0 Å². The Kier molecular flexibility index (Phi) is 5.67. The van der Waals surface area contributed by atoms with Crippen LogP contribution < -0.4 is 5.32 Å². The van der Waals surface area contributed by atoms with E-state index in [1.54, 1.807) is 0 Å². The maximum atomic E-state index is 12.4. The van der Waals surface area contributed by atoms with Gasteiger partial charge < -0.3 is 10.1 Å². The van der Waals surface area contributed by atoms with Crippen molar-refractivity contribution in [2.24, 2.45) is 5.41 Å². The molecule has 0 radical (unpaired) electrons. The van der Waals surface area contributed by atoms with Gasteiger partial charge in [-0.2, -0.15) is 0 Å². The molecule has 0 bridgehead atoms. The van der Waals surface area contributed by atoms with Crippen molar-refractivity contribution in [1.29, 1.82) is 0 Å². The zero-order valence-corrected chi connectivity index (χ0v) is 14.4. The highest BCUT2D eigenvalue weighted by molar-refractivity contribution is 6.30. The zero-order chi connectivity index (χ0) is 16.9. The summed E-state index contributed by atoms with van der Waals surface area (Å²) in [5, 5.41) is 4.12. The van der Waals surface area contributed by atoms with Gasteiger partial charge in [-0.25, -0.2) is 0 Å². The van der Waals surface area contributed by atoms with E-state index < -0.39 is 5.41 Å². The number of esters is 1. The van der Waals surface area contributed by atoms with Crippen LogP contribution in [0.5, 0.6) is 0 Å². The van der Waals surface area contributed by atoms with Crippen LogP contribution in [0.25, 0.3) is 0 Å². The third-order valence-electron chi connectivity index (χ3n) is 3.81. The molecule has 1 atom stereocenters. The van der Waals surface area contributed by atoms with Crippen LogP contribution in [0, 0.1) is 5.41 Å². The second-order valence-electron chi connectivity index (χ2n) is 5.94. The summed E-state index contributed by atoms with van der Waals surface area (Å²) in [5.74, 6) is -0.233. The summed E-state index contributed by atoms with van der Waals surface area (Å²) in [4.78, 5) is 12.4. The molecule has 122 valence electrons. The minimum Gasteiger partial charge on any atom is -0.466 e. The highest BCUT2D eigenvalue weighted by atomic mass is 35.5. The van der Waals surface area contributed by atoms with Crippen LogP contribution >= 0.6 is 11.6 Å². The van der Waals surface area contributed by atoms with E-state index in [-0.39, 0.29) is 12.0 Å². The monoisotopic (exact) mass is 331 g/mol. The Balaban J connectivity index is 2.38. The Morgan fingerprint density at radius 3 is 2.30 bits per heavy atom. The number of rotatable bonds is 6. The van der Waals surface area contributed by atoms with Gasteiger partial charge in [-0.15, -0.1) is 0 Å². The van der Waals surface area contributed by atoms with Crippen LogP contribution in [0.2, 0.25) is 5.02 Å². The summed E-state index contributed by atoms with van der Waals surface area (Å²) >= 11 is 5.99. The Morgan fingerprint density at radius 2 is 1.74 bits per heavy atom. The topological polar surface area (TPSA) is 38.3 Å². The Hall–Kier alpha value is -2.00. The first-order valence-electron chi connectivity index (χ1n) is 7.69. The number of ether oxygens (including phenoxy) is 1. The molecule has 1 unspecified atom stereocenters. The van der Waals surface area contributed by atoms with Crippen molar-refractivity contribution in [3.8, 4) is 0 Å². The van der Waals surface area contributed by atoms with Crippen LogP contribution in [0.1, 0.15) is 32.4 Å². The molecule has 2 aromatic carbocycles. The molecule has 0 heterocycles. The Labute approximate surface area is 142 Å². The average Bonchev–Trinajstić information content (AvgIpc) is 2.55. The highest BCUT2D eigenvalue weighted by Gasteiger charge is 2.39. The molecule has 1 N–H and O–H groups in total. The fraction of sp³-hybridized carbons (Fsp3) is 0.316. The SMILES string of the molecule is CCOC(=O)C(C)(C)C(Nc1ccccc1)c1ccc(Cl)cc1. The number of halogens is 1. The van der Waals surface area contributed by atoms with E-state index in [1.165, 1.54) is 0 Å². The molecular formula is C19H22ClNO2. The van der Waals surface area contributed by atoms with Crippen molar-refractivity contribution >= 4 is 23.3 Å². The van der Waals surface area contributed by atoms with Gasteiger partial charge in [-0.3, -0.25) is 4.79 Å². The molecule has 0 spiro atoms. The molecule has 2 rings (SSSR count). The molecule has 2 aromatic rings. The lowest BCUT2D eigenvalue weighted by molar-refractivity contribution is -0.154. The molecule has 0 aromatic heterocycles. The number of nitrogens with one attached hydrogen (secondary N) is 1. The molecule has 4 heteroatoms. The maximum Gasteiger partial charge on any atom is 0.313 e. The smallest absolute Gasteiger partial charge is 0.313 e. The minimum absolute atomic E-state index is 0.233. The van der Waals surface area contributed by atoms with Crippen LogP contribution in [0.15, 0.2) is 54.6 Å². The molecule has 0 fully saturated rings. The quantitative estimate of drug-likeness (QED) is 0.750. The molecule has 0 saturated heterocycles. The van der Waals surface area contributed by atoms with Crippen molar-refractivity contribution < 1.29 is 9.53 Å². The lowest BCUT2D eigenvalue weighted by Gasteiger charge is -2.34. The molecule has 23 heavy (non-hydrogen) atoms. The first-order chi connectivity index (χ1) is 10.9. The van der Waals surface area contributed by atoms with Gasteiger partial charge in [0.1, 0.15) is 0 Å². The van der Waals surface area contributed by atoms with E-state index in [2.05, 4.69) is 5.32 Å². The van der Waals surface area contributed by atoms with E-state index in [9.17, 15) is 4.79 Å². The van der Waals surface area contributed by atoms with Crippen molar-refractivity contribution in [3.05, 3.63) is 65.2 Å². The average molecular weight is 332 g/mol. The molecule has 0 amide bonds. The minimum atomic E-state index is -0.736. The molecule has 0 aliphatic heterocycles. The Morgan fingerprint density at radius 1 is 1.13 bits per heavy atom. The third-order valence-corrected chi connectivity index (χ3v) is 4.06. The highest BCUT2D eigenvalue weighted by Crippen LogP contribution is 2.37. The summed E-state index contributed by atoms with van der Waals surface area (Å²) < 4.78 is 5.27. The molecule has 0 aliphatic carbocycles. The first-order valence-corrected chi connectivity index (χ1v) is 8.07. The molecule has 3 nitrogen and oxygen atoms in total. The Bertz CT molecular complexity index is 638. The van der Waals surface area contributed by atoms with Gasteiger partial charge in [0.25, 0.3) is 0 Å². The van der Waals surface area contributed by atoms with Crippen LogP contribution in [0.4, 0.5) is 5.69 Å². The number of hydrogen-bond donors (Lipinski definition) is 1.